The van der Waals surface area contributed by atoms with E-state index in [1.807, 2.05) is 65.6 Å². The molecule has 0 radical (unpaired) electrons. The Morgan fingerprint density at radius 2 is 1.75 bits per heavy atom. The SMILES string of the molecule is C[C@@H]1CC[C@H](Oc2ncccc2C(C)(C)O)CN1C(=O)c1ccccc1-c1ccccc1. The maximum absolute atomic E-state index is 13.6. The molecule has 1 N–H and O–H groups in total. The lowest BCUT2D eigenvalue weighted by Crippen LogP contribution is -2.49. The molecule has 0 aliphatic carbocycles. The molecule has 5 heteroatoms. The summed E-state index contributed by atoms with van der Waals surface area (Å²) in [7, 11) is 0. The summed E-state index contributed by atoms with van der Waals surface area (Å²) in [5.41, 5.74) is 2.24. The van der Waals surface area contributed by atoms with Gasteiger partial charge in [-0.15, -0.1) is 0 Å². The minimum atomic E-state index is -1.06. The average molecular weight is 431 g/mol. The summed E-state index contributed by atoms with van der Waals surface area (Å²) in [5, 5.41) is 10.5. The number of benzene rings is 2. The molecule has 0 spiro atoms. The minimum absolute atomic E-state index is 0.00832. The molecule has 0 saturated carbocycles. The van der Waals surface area contributed by atoms with Gasteiger partial charge in [-0.2, -0.15) is 0 Å². The van der Waals surface area contributed by atoms with Crippen LogP contribution in [0.3, 0.4) is 0 Å². The first-order valence-corrected chi connectivity index (χ1v) is 11.1. The molecule has 5 nitrogen and oxygen atoms in total. The van der Waals surface area contributed by atoms with Gasteiger partial charge in [0.1, 0.15) is 6.10 Å². The second kappa shape index (κ2) is 9.13. The van der Waals surface area contributed by atoms with Crippen LogP contribution >= 0.6 is 0 Å². The van der Waals surface area contributed by atoms with E-state index in [1.54, 1.807) is 26.1 Å². The summed E-state index contributed by atoms with van der Waals surface area (Å²) in [6, 6.07) is 21.5. The highest BCUT2D eigenvalue weighted by atomic mass is 16.5. The van der Waals surface area contributed by atoms with Crippen LogP contribution in [0.5, 0.6) is 5.88 Å². The lowest BCUT2D eigenvalue weighted by atomic mass is 9.95. The molecule has 2 aromatic carbocycles. The van der Waals surface area contributed by atoms with Gasteiger partial charge in [-0.1, -0.05) is 48.5 Å². The lowest BCUT2D eigenvalue weighted by molar-refractivity contribution is 0.0326. The zero-order valence-electron chi connectivity index (χ0n) is 18.9. The molecular formula is C27H30N2O3. The first kappa shape index (κ1) is 22.0. The molecule has 32 heavy (non-hydrogen) atoms. The number of ether oxygens (including phenoxy) is 1. The van der Waals surface area contributed by atoms with E-state index in [0.29, 0.717) is 23.6 Å². The normalized spacial score (nSPS) is 18.9. The second-order valence-electron chi connectivity index (χ2n) is 8.95. The van der Waals surface area contributed by atoms with Gasteiger partial charge in [0, 0.05) is 23.4 Å². The Morgan fingerprint density at radius 1 is 1.03 bits per heavy atom. The van der Waals surface area contributed by atoms with Gasteiger partial charge in [0.05, 0.1) is 12.1 Å². The van der Waals surface area contributed by atoms with Gasteiger partial charge in [-0.25, -0.2) is 4.98 Å². The van der Waals surface area contributed by atoms with Crippen LogP contribution in [0.4, 0.5) is 0 Å². The molecule has 0 bridgehead atoms. The van der Waals surface area contributed by atoms with E-state index in [4.69, 9.17) is 4.74 Å². The van der Waals surface area contributed by atoms with Crippen LogP contribution in [-0.4, -0.2) is 39.6 Å². The molecule has 2 atom stereocenters. The molecule has 1 aromatic heterocycles. The molecule has 0 unspecified atom stereocenters. The maximum Gasteiger partial charge on any atom is 0.254 e. The number of aliphatic hydroxyl groups is 1. The Balaban J connectivity index is 1.58. The highest BCUT2D eigenvalue weighted by Crippen LogP contribution is 2.31. The molecule has 1 amide bonds. The number of likely N-dealkylation sites (tertiary alicyclic amines) is 1. The fourth-order valence-corrected chi connectivity index (χ4v) is 4.25. The van der Waals surface area contributed by atoms with Gasteiger partial charge < -0.3 is 14.7 Å². The molecule has 3 aromatic rings. The molecule has 1 saturated heterocycles. The first-order chi connectivity index (χ1) is 15.3. The number of pyridine rings is 1. The standard InChI is InChI=1S/C27H30N2O3/c1-19-15-16-21(32-25-24(27(2,3)31)14-9-17-28-25)18-29(19)26(30)23-13-8-7-12-22(23)20-10-5-4-6-11-20/h4-14,17,19,21,31H,15-16,18H2,1-3H3/t19-,21+/m1/s1. The van der Waals surface area contributed by atoms with E-state index < -0.39 is 5.60 Å². The molecule has 1 aliphatic heterocycles. The van der Waals surface area contributed by atoms with Gasteiger partial charge in [-0.05, 0) is 62.9 Å². The number of carbonyl (C=O) groups is 1. The highest BCUT2D eigenvalue weighted by molar-refractivity contribution is 6.01. The van der Waals surface area contributed by atoms with E-state index >= 15 is 0 Å². The van der Waals surface area contributed by atoms with Crippen molar-refractivity contribution in [3.05, 3.63) is 84.1 Å². The van der Waals surface area contributed by atoms with Crippen LogP contribution < -0.4 is 4.74 Å². The summed E-state index contributed by atoms with van der Waals surface area (Å²) in [4.78, 5) is 19.9. The zero-order valence-corrected chi connectivity index (χ0v) is 18.9. The molecule has 1 aliphatic rings. The van der Waals surface area contributed by atoms with Gasteiger partial charge in [0.25, 0.3) is 5.91 Å². The van der Waals surface area contributed by atoms with E-state index in [1.165, 1.54) is 0 Å². The van der Waals surface area contributed by atoms with Crippen molar-refractivity contribution in [2.75, 3.05) is 6.54 Å². The van der Waals surface area contributed by atoms with Gasteiger partial charge in [-0.3, -0.25) is 4.79 Å². The number of nitrogens with zero attached hydrogens (tertiary/aromatic N) is 2. The largest absolute Gasteiger partial charge is 0.472 e. The van der Waals surface area contributed by atoms with Crippen molar-refractivity contribution in [3.63, 3.8) is 0 Å². The van der Waals surface area contributed by atoms with Crippen LogP contribution in [0.15, 0.2) is 72.9 Å². The third kappa shape index (κ3) is 4.68. The van der Waals surface area contributed by atoms with Crippen LogP contribution in [0, 0.1) is 0 Å². The molecular weight excluding hydrogens is 400 g/mol. The molecule has 4 rings (SSSR count). The summed E-state index contributed by atoms with van der Waals surface area (Å²) in [6.07, 6.45) is 3.15. The summed E-state index contributed by atoms with van der Waals surface area (Å²) in [6.45, 7) is 6.00. The maximum atomic E-state index is 13.6. The minimum Gasteiger partial charge on any atom is -0.472 e. The smallest absolute Gasteiger partial charge is 0.254 e. The van der Waals surface area contributed by atoms with Gasteiger partial charge in [0.2, 0.25) is 5.88 Å². The van der Waals surface area contributed by atoms with Crippen molar-refractivity contribution in [1.82, 2.24) is 9.88 Å². The highest BCUT2D eigenvalue weighted by Gasteiger charge is 2.33. The van der Waals surface area contributed by atoms with E-state index in [0.717, 1.165) is 24.0 Å². The molecule has 1 fully saturated rings. The number of piperidine rings is 1. The number of rotatable bonds is 5. The van der Waals surface area contributed by atoms with E-state index in [-0.39, 0.29) is 18.1 Å². The Bertz CT molecular complexity index is 1080. The van der Waals surface area contributed by atoms with Crippen LogP contribution in [0.1, 0.15) is 49.5 Å². The van der Waals surface area contributed by atoms with Gasteiger partial charge >= 0.3 is 0 Å². The molecule has 2 heterocycles. The van der Waals surface area contributed by atoms with E-state index in [2.05, 4.69) is 11.9 Å². The van der Waals surface area contributed by atoms with Crippen molar-refractivity contribution in [3.8, 4) is 17.0 Å². The average Bonchev–Trinajstić information content (AvgIpc) is 2.80. The third-order valence-corrected chi connectivity index (χ3v) is 6.05. The summed E-state index contributed by atoms with van der Waals surface area (Å²) in [5.74, 6) is 0.436. The lowest BCUT2D eigenvalue weighted by Gasteiger charge is -2.38. The van der Waals surface area contributed by atoms with Crippen LogP contribution in [-0.2, 0) is 5.60 Å². The van der Waals surface area contributed by atoms with Crippen molar-refractivity contribution >= 4 is 5.91 Å². The predicted octanol–water partition coefficient (Wildman–Crippen LogP) is 5.05. The second-order valence-corrected chi connectivity index (χ2v) is 8.95. The Morgan fingerprint density at radius 3 is 2.50 bits per heavy atom. The number of hydrogen-bond donors (Lipinski definition) is 1. The Kier molecular flexibility index (Phi) is 6.28. The predicted molar refractivity (Wildman–Crippen MR) is 126 cm³/mol. The Hall–Kier alpha value is -3.18. The van der Waals surface area contributed by atoms with E-state index in [9.17, 15) is 9.90 Å². The fourth-order valence-electron chi connectivity index (χ4n) is 4.25. The van der Waals surface area contributed by atoms with Crippen molar-refractivity contribution < 1.29 is 14.6 Å². The molecule has 166 valence electrons. The monoisotopic (exact) mass is 430 g/mol. The summed E-state index contributed by atoms with van der Waals surface area (Å²) < 4.78 is 6.23. The van der Waals surface area contributed by atoms with Crippen molar-refractivity contribution in [2.24, 2.45) is 0 Å². The van der Waals surface area contributed by atoms with Crippen molar-refractivity contribution in [2.45, 2.75) is 51.4 Å². The third-order valence-electron chi connectivity index (χ3n) is 6.05. The quantitative estimate of drug-likeness (QED) is 0.615. The fraction of sp³-hybridized carbons (Fsp3) is 0.333. The van der Waals surface area contributed by atoms with Crippen LogP contribution in [0.2, 0.25) is 0 Å². The topological polar surface area (TPSA) is 62.7 Å². The van der Waals surface area contributed by atoms with Crippen molar-refractivity contribution in [1.29, 1.82) is 0 Å². The number of aromatic nitrogens is 1. The number of hydrogen-bond acceptors (Lipinski definition) is 4. The van der Waals surface area contributed by atoms with Gasteiger partial charge in [0.15, 0.2) is 0 Å². The number of carbonyl (C=O) groups excluding carboxylic acids is 1. The summed E-state index contributed by atoms with van der Waals surface area (Å²) >= 11 is 0. The number of amides is 1. The first-order valence-electron chi connectivity index (χ1n) is 11.1. The Labute approximate surface area is 189 Å². The van der Waals surface area contributed by atoms with Crippen LogP contribution in [0.25, 0.3) is 11.1 Å². The zero-order chi connectivity index (χ0) is 22.7.